The quantitative estimate of drug-likeness (QED) is 0.117. The van der Waals surface area contributed by atoms with Crippen LogP contribution in [0.5, 0.6) is 0 Å². The summed E-state index contributed by atoms with van der Waals surface area (Å²) in [4.78, 5) is 39.1. The lowest BCUT2D eigenvalue weighted by molar-refractivity contribution is -0.150. The first-order valence-electron chi connectivity index (χ1n) is 15.4. The highest BCUT2D eigenvalue weighted by Gasteiger charge is 2.54. The first-order valence-corrected chi connectivity index (χ1v) is 15.9. The SMILES string of the molecule is CCCC(OC(N)=O)(C(=O)Nc1cc(CCl)c(C(C)C(=O)NC(F)C(F)F)cc1F)C(C1CCCCC1)C1CCCCC1. The fraction of sp³-hybridized carbons (Fsp3) is 0.710. The minimum Gasteiger partial charge on any atom is -0.433 e. The van der Waals surface area contributed by atoms with Crippen LogP contribution in [0, 0.1) is 23.6 Å². The second-order valence-electron chi connectivity index (χ2n) is 12.0. The number of benzene rings is 1. The van der Waals surface area contributed by atoms with E-state index >= 15 is 4.39 Å². The second kappa shape index (κ2) is 16.0. The second-order valence-corrected chi connectivity index (χ2v) is 12.2. The molecule has 3 amide bonds. The molecule has 2 aliphatic rings. The van der Waals surface area contributed by atoms with E-state index in [0.29, 0.717) is 6.42 Å². The number of carbonyl (C=O) groups excluding carboxylic acids is 3. The molecule has 1 aromatic rings. The third-order valence-electron chi connectivity index (χ3n) is 9.12. The van der Waals surface area contributed by atoms with Gasteiger partial charge in [-0.1, -0.05) is 77.6 Å². The highest BCUT2D eigenvalue weighted by molar-refractivity contribution is 6.17. The number of ether oxygens (including phenoxy) is 1. The standard InChI is InChI=1S/C31H44ClF4N3O4/c1-3-14-31(43-30(37)42,25(19-10-6-4-7-11-19)20-12-8-5-9-13-20)29(41)38-24-15-21(17-32)22(16-23(24)33)18(2)28(40)39-27(36)26(34)35/h15-16,18-20,25-27H,3-14,17H2,1-2H3,(H2,37,42)(H,38,41)(H,39,40). The molecule has 0 aliphatic heterocycles. The summed E-state index contributed by atoms with van der Waals surface area (Å²) < 4.78 is 60.1. The van der Waals surface area contributed by atoms with Crippen LogP contribution < -0.4 is 16.4 Å². The molecule has 3 atom stereocenters. The van der Waals surface area contributed by atoms with E-state index in [1.807, 2.05) is 6.92 Å². The number of anilines is 1. The lowest BCUT2D eigenvalue weighted by atomic mass is 9.61. The molecule has 3 rings (SSSR count). The first kappa shape index (κ1) is 34.9. The van der Waals surface area contributed by atoms with Crippen molar-refractivity contribution in [2.24, 2.45) is 23.5 Å². The molecule has 12 heteroatoms. The summed E-state index contributed by atoms with van der Waals surface area (Å²) in [5.74, 6) is -4.14. The Kier molecular flexibility index (Phi) is 13.0. The average molecular weight is 634 g/mol. The van der Waals surface area contributed by atoms with Gasteiger partial charge in [0, 0.05) is 11.8 Å². The van der Waals surface area contributed by atoms with E-state index in [1.165, 1.54) is 13.0 Å². The number of hydrogen-bond donors (Lipinski definition) is 3. The summed E-state index contributed by atoms with van der Waals surface area (Å²) in [5.41, 5.74) is 4.02. The Labute approximate surface area is 256 Å². The van der Waals surface area contributed by atoms with Crippen molar-refractivity contribution in [2.45, 2.75) is 121 Å². The van der Waals surface area contributed by atoms with Crippen LogP contribution in [-0.2, 0) is 20.2 Å². The van der Waals surface area contributed by atoms with Crippen LogP contribution in [0.25, 0.3) is 0 Å². The molecule has 4 N–H and O–H groups in total. The summed E-state index contributed by atoms with van der Waals surface area (Å²) >= 11 is 6.11. The summed E-state index contributed by atoms with van der Waals surface area (Å²) in [5, 5.41) is 4.22. The van der Waals surface area contributed by atoms with Gasteiger partial charge in [-0.05, 0) is 48.4 Å². The third kappa shape index (κ3) is 8.54. The zero-order valence-electron chi connectivity index (χ0n) is 24.9. The van der Waals surface area contributed by atoms with Crippen molar-refractivity contribution >= 4 is 35.2 Å². The zero-order chi connectivity index (χ0) is 31.7. The normalized spacial score (nSPS) is 19.5. The van der Waals surface area contributed by atoms with Gasteiger partial charge in [0.15, 0.2) is 5.60 Å². The minimum absolute atomic E-state index is 0.0555. The molecule has 7 nitrogen and oxygen atoms in total. The summed E-state index contributed by atoms with van der Waals surface area (Å²) in [7, 11) is 0. The molecule has 3 unspecified atom stereocenters. The van der Waals surface area contributed by atoms with E-state index in [1.54, 1.807) is 5.32 Å². The maximum absolute atomic E-state index is 15.6. The van der Waals surface area contributed by atoms with E-state index in [0.717, 1.165) is 70.3 Å². The van der Waals surface area contributed by atoms with Crippen LogP contribution in [0.2, 0.25) is 0 Å². The fourth-order valence-corrected chi connectivity index (χ4v) is 7.45. The molecular formula is C31H44ClF4N3O4. The zero-order valence-corrected chi connectivity index (χ0v) is 25.7. The van der Waals surface area contributed by atoms with Crippen LogP contribution in [0.1, 0.15) is 108 Å². The topological polar surface area (TPSA) is 111 Å². The molecule has 0 heterocycles. The number of amides is 3. The Balaban J connectivity index is 2.01. The van der Waals surface area contributed by atoms with Crippen molar-refractivity contribution in [3.05, 3.63) is 29.1 Å². The summed E-state index contributed by atoms with van der Waals surface area (Å²) in [6, 6.07) is 2.24. The Morgan fingerprint density at radius 1 is 1.02 bits per heavy atom. The molecule has 1 aromatic carbocycles. The fourth-order valence-electron chi connectivity index (χ4n) is 7.22. The molecule has 0 spiro atoms. The molecule has 242 valence electrons. The molecule has 0 bridgehead atoms. The van der Waals surface area contributed by atoms with Gasteiger partial charge in [-0.15, -0.1) is 11.6 Å². The summed E-state index contributed by atoms with van der Waals surface area (Å²) in [6.45, 7) is 3.19. The van der Waals surface area contributed by atoms with Gasteiger partial charge in [-0.3, -0.25) is 9.59 Å². The minimum atomic E-state index is -3.42. The van der Waals surface area contributed by atoms with Crippen LogP contribution >= 0.6 is 11.6 Å². The number of alkyl halides is 4. The number of hydrogen-bond acceptors (Lipinski definition) is 4. The van der Waals surface area contributed by atoms with Gasteiger partial charge >= 0.3 is 6.09 Å². The van der Waals surface area contributed by atoms with E-state index in [-0.39, 0.29) is 46.9 Å². The van der Waals surface area contributed by atoms with E-state index < -0.39 is 48.0 Å². The summed E-state index contributed by atoms with van der Waals surface area (Å²) in [6.07, 6.45) is 3.15. The number of nitrogens with one attached hydrogen (secondary N) is 2. The van der Waals surface area contributed by atoms with E-state index in [2.05, 4.69) is 5.32 Å². The maximum Gasteiger partial charge on any atom is 0.405 e. The smallest absolute Gasteiger partial charge is 0.405 e. The van der Waals surface area contributed by atoms with Crippen molar-refractivity contribution in [1.29, 1.82) is 0 Å². The van der Waals surface area contributed by atoms with Gasteiger partial charge in [-0.2, -0.15) is 0 Å². The van der Waals surface area contributed by atoms with Crippen LogP contribution in [0.4, 0.5) is 28.0 Å². The largest absolute Gasteiger partial charge is 0.433 e. The molecule has 2 aliphatic carbocycles. The molecule has 2 fully saturated rings. The Hall–Kier alpha value is -2.56. The van der Waals surface area contributed by atoms with Crippen LogP contribution in [0.3, 0.4) is 0 Å². The lowest BCUT2D eigenvalue weighted by Gasteiger charge is -2.48. The van der Waals surface area contributed by atoms with Crippen molar-refractivity contribution in [3.8, 4) is 0 Å². The highest BCUT2D eigenvalue weighted by atomic mass is 35.5. The average Bonchev–Trinajstić information content (AvgIpc) is 2.98. The van der Waals surface area contributed by atoms with Gasteiger partial charge in [0.05, 0.1) is 11.6 Å². The van der Waals surface area contributed by atoms with Gasteiger partial charge in [0.2, 0.25) is 12.2 Å². The van der Waals surface area contributed by atoms with Gasteiger partial charge in [0.25, 0.3) is 12.3 Å². The van der Waals surface area contributed by atoms with Crippen molar-refractivity contribution in [2.75, 3.05) is 5.32 Å². The van der Waals surface area contributed by atoms with E-state index in [4.69, 9.17) is 22.1 Å². The van der Waals surface area contributed by atoms with Crippen molar-refractivity contribution < 1.29 is 36.7 Å². The molecule has 0 saturated heterocycles. The Morgan fingerprint density at radius 3 is 2.05 bits per heavy atom. The molecular weight excluding hydrogens is 590 g/mol. The van der Waals surface area contributed by atoms with E-state index in [9.17, 15) is 27.6 Å². The lowest BCUT2D eigenvalue weighted by Crippen LogP contribution is -2.58. The predicted octanol–water partition coefficient (Wildman–Crippen LogP) is 7.69. The predicted molar refractivity (Wildman–Crippen MR) is 157 cm³/mol. The van der Waals surface area contributed by atoms with Gasteiger partial charge in [-0.25, -0.2) is 22.4 Å². The molecule has 43 heavy (non-hydrogen) atoms. The number of primary amides is 1. The Bertz CT molecular complexity index is 1100. The first-order chi connectivity index (χ1) is 20.4. The number of halogens is 5. The molecule has 0 aromatic heterocycles. The van der Waals surface area contributed by atoms with Crippen LogP contribution in [0.15, 0.2) is 12.1 Å². The van der Waals surface area contributed by atoms with Crippen molar-refractivity contribution in [1.82, 2.24) is 5.32 Å². The molecule has 2 saturated carbocycles. The van der Waals surface area contributed by atoms with Gasteiger partial charge < -0.3 is 21.1 Å². The van der Waals surface area contributed by atoms with Crippen molar-refractivity contribution in [3.63, 3.8) is 0 Å². The number of nitrogens with two attached hydrogens (primary N) is 1. The van der Waals surface area contributed by atoms with Gasteiger partial charge in [0.1, 0.15) is 5.82 Å². The monoisotopic (exact) mass is 633 g/mol. The maximum atomic E-state index is 15.6. The highest BCUT2D eigenvalue weighted by Crippen LogP contribution is 2.49. The number of rotatable bonds is 13. The Morgan fingerprint density at radius 2 is 1.58 bits per heavy atom. The molecule has 0 radical (unpaired) electrons. The van der Waals surface area contributed by atoms with Crippen LogP contribution in [-0.4, -0.2) is 36.2 Å². The number of carbonyl (C=O) groups is 3. The third-order valence-corrected chi connectivity index (χ3v) is 9.41.